The SMILES string of the molecule is CC(C)NC(=O)N1[C@@H]2CN(C(=O)Nc3ccc(F)cc3)c3ccccc3[C@@H]2[C@@H]1CO. The number of anilines is 2. The van der Waals surface area contributed by atoms with Crippen molar-refractivity contribution in [1.29, 1.82) is 0 Å². The number of aliphatic hydroxyl groups excluding tert-OH is 1. The normalized spacial score (nSPS) is 22.1. The van der Waals surface area contributed by atoms with Gasteiger partial charge in [0.25, 0.3) is 0 Å². The van der Waals surface area contributed by atoms with Crippen LogP contribution in [-0.2, 0) is 0 Å². The quantitative estimate of drug-likeness (QED) is 0.724. The molecule has 0 aliphatic carbocycles. The second-order valence-corrected chi connectivity index (χ2v) is 7.96. The van der Waals surface area contributed by atoms with E-state index in [1.54, 1.807) is 9.80 Å². The number of halogens is 1. The lowest BCUT2D eigenvalue weighted by Crippen LogP contribution is -2.72. The van der Waals surface area contributed by atoms with E-state index >= 15 is 0 Å². The monoisotopic (exact) mass is 412 g/mol. The molecule has 158 valence electrons. The van der Waals surface area contributed by atoms with E-state index in [0.29, 0.717) is 12.2 Å². The average molecular weight is 412 g/mol. The predicted molar refractivity (Wildman–Crippen MR) is 112 cm³/mol. The number of nitrogens with zero attached hydrogens (tertiary/aromatic N) is 2. The molecule has 1 saturated heterocycles. The highest BCUT2D eigenvalue weighted by atomic mass is 19.1. The zero-order valence-electron chi connectivity index (χ0n) is 16.9. The van der Waals surface area contributed by atoms with Crippen molar-refractivity contribution in [2.24, 2.45) is 0 Å². The third-order valence-corrected chi connectivity index (χ3v) is 5.67. The van der Waals surface area contributed by atoms with Crippen LogP contribution in [-0.4, -0.2) is 53.3 Å². The summed E-state index contributed by atoms with van der Waals surface area (Å²) in [5.41, 5.74) is 2.16. The van der Waals surface area contributed by atoms with Crippen LogP contribution in [0.4, 0.5) is 25.4 Å². The maximum Gasteiger partial charge on any atom is 0.326 e. The molecule has 0 unspecified atom stereocenters. The third-order valence-electron chi connectivity index (χ3n) is 5.67. The van der Waals surface area contributed by atoms with Crippen molar-refractivity contribution in [3.05, 3.63) is 59.9 Å². The molecule has 0 saturated carbocycles. The average Bonchev–Trinajstić information content (AvgIpc) is 2.69. The van der Waals surface area contributed by atoms with Crippen LogP contribution in [0.5, 0.6) is 0 Å². The number of benzene rings is 2. The summed E-state index contributed by atoms with van der Waals surface area (Å²) in [7, 11) is 0. The Labute approximate surface area is 174 Å². The van der Waals surface area contributed by atoms with Crippen molar-refractivity contribution in [3.63, 3.8) is 0 Å². The summed E-state index contributed by atoms with van der Waals surface area (Å²) in [4.78, 5) is 29.0. The Bertz CT molecular complexity index is 950. The molecule has 4 amide bonds. The minimum Gasteiger partial charge on any atom is -0.394 e. The second-order valence-electron chi connectivity index (χ2n) is 7.96. The van der Waals surface area contributed by atoms with E-state index in [1.165, 1.54) is 24.3 Å². The molecule has 3 atom stereocenters. The van der Waals surface area contributed by atoms with Gasteiger partial charge in [-0.15, -0.1) is 0 Å². The van der Waals surface area contributed by atoms with Gasteiger partial charge in [-0.25, -0.2) is 14.0 Å². The van der Waals surface area contributed by atoms with E-state index in [9.17, 15) is 19.1 Å². The Kier molecular flexibility index (Phi) is 5.34. The van der Waals surface area contributed by atoms with Crippen molar-refractivity contribution < 1.29 is 19.1 Å². The molecule has 2 aromatic rings. The molecule has 8 heteroatoms. The summed E-state index contributed by atoms with van der Waals surface area (Å²) < 4.78 is 13.2. The first kappa shape index (κ1) is 20.2. The minimum atomic E-state index is -0.379. The summed E-state index contributed by atoms with van der Waals surface area (Å²) in [5, 5.41) is 15.6. The second kappa shape index (κ2) is 7.95. The third kappa shape index (κ3) is 3.47. The molecule has 2 aromatic carbocycles. The molecule has 2 aliphatic rings. The van der Waals surface area contributed by atoms with Crippen LogP contribution in [0.15, 0.2) is 48.5 Å². The topological polar surface area (TPSA) is 84.9 Å². The molecular formula is C22H25FN4O3. The molecule has 4 rings (SSSR count). The van der Waals surface area contributed by atoms with E-state index in [1.807, 2.05) is 38.1 Å². The van der Waals surface area contributed by atoms with Crippen LogP contribution in [0.1, 0.15) is 25.3 Å². The Balaban J connectivity index is 1.62. The highest BCUT2D eigenvalue weighted by molar-refractivity contribution is 6.03. The summed E-state index contributed by atoms with van der Waals surface area (Å²) >= 11 is 0. The van der Waals surface area contributed by atoms with Gasteiger partial charge in [-0.1, -0.05) is 18.2 Å². The van der Waals surface area contributed by atoms with Gasteiger partial charge in [0.15, 0.2) is 0 Å². The van der Waals surface area contributed by atoms with Gasteiger partial charge in [-0.3, -0.25) is 4.90 Å². The van der Waals surface area contributed by atoms with Gasteiger partial charge < -0.3 is 20.6 Å². The van der Waals surface area contributed by atoms with Gasteiger partial charge in [0, 0.05) is 29.9 Å². The number of amides is 4. The number of aliphatic hydroxyl groups is 1. The molecular weight excluding hydrogens is 387 g/mol. The number of hydrogen-bond donors (Lipinski definition) is 3. The molecule has 30 heavy (non-hydrogen) atoms. The van der Waals surface area contributed by atoms with Gasteiger partial charge in [0.2, 0.25) is 0 Å². The fourth-order valence-corrected chi connectivity index (χ4v) is 4.40. The number of hydrogen-bond acceptors (Lipinski definition) is 3. The summed E-state index contributed by atoms with van der Waals surface area (Å²) in [6.45, 7) is 3.91. The van der Waals surface area contributed by atoms with E-state index < -0.39 is 0 Å². The first-order valence-electron chi connectivity index (χ1n) is 10.0. The van der Waals surface area contributed by atoms with Crippen molar-refractivity contribution in [2.75, 3.05) is 23.4 Å². The fraction of sp³-hybridized carbons (Fsp3) is 0.364. The van der Waals surface area contributed by atoms with Crippen LogP contribution in [0.25, 0.3) is 0 Å². The summed E-state index contributed by atoms with van der Waals surface area (Å²) in [5.74, 6) is -0.422. The number of para-hydroxylation sites is 1. The summed E-state index contributed by atoms with van der Waals surface area (Å²) in [6.07, 6.45) is 0. The molecule has 2 aliphatic heterocycles. The largest absolute Gasteiger partial charge is 0.394 e. The van der Waals surface area contributed by atoms with Crippen LogP contribution in [0, 0.1) is 5.82 Å². The van der Waals surface area contributed by atoms with Crippen molar-refractivity contribution >= 4 is 23.4 Å². The number of fused-ring (bicyclic) bond motifs is 3. The number of nitrogens with one attached hydrogen (secondary N) is 2. The van der Waals surface area contributed by atoms with Crippen LogP contribution in [0.3, 0.4) is 0 Å². The lowest BCUT2D eigenvalue weighted by Gasteiger charge is -2.58. The smallest absolute Gasteiger partial charge is 0.326 e. The molecule has 0 bridgehead atoms. The molecule has 0 spiro atoms. The highest BCUT2D eigenvalue weighted by Gasteiger charge is 2.55. The van der Waals surface area contributed by atoms with Crippen LogP contribution < -0.4 is 15.5 Å². The Morgan fingerprint density at radius 1 is 1.13 bits per heavy atom. The fourth-order valence-electron chi connectivity index (χ4n) is 4.40. The summed E-state index contributed by atoms with van der Waals surface area (Å²) in [6, 6.07) is 11.9. The first-order chi connectivity index (χ1) is 14.4. The Morgan fingerprint density at radius 2 is 1.83 bits per heavy atom. The lowest BCUT2D eigenvalue weighted by atomic mass is 9.72. The maximum atomic E-state index is 13.2. The maximum absolute atomic E-state index is 13.2. The number of carbonyl (C=O) groups is 2. The van der Waals surface area contributed by atoms with Crippen LogP contribution in [0.2, 0.25) is 0 Å². The lowest BCUT2D eigenvalue weighted by molar-refractivity contribution is -0.00739. The zero-order chi connectivity index (χ0) is 21.4. The van der Waals surface area contributed by atoms with Gasteiger partial charge in [-0.2, -0.15) is 0 Å². The molecule has 2 heterocycles. The van der Waals surface area contributed by atoms with Crippen LogP contribution >= 0.6 is 0 Å². The van der Waals surface area contributed by atoms with Gasteiger partial charge >= 0.3 is 12.1 Å². The first-order valence-corrected chi connectivity index (χ1v) is 10.0. The Morgan fingerprint density at radius 3 is 2.50 bits per heavy atom. The number of likely N-dealkylation sites (tertiary alicyclic amines) is 1. The van der Waals surface area contributed by atoms with Gasteiger partial charge in [-0.05, 0) is 49.7 Å². The zero-order valence-corrected chi connectivity index (χ0v) is 16.9. The number of carbonyl (C=O) groups excluding carboxylic acids is 2. The van der Waals surface area contributed by atoms with Gasteiger partial charge in [0.1, 0.15) is 5.82 Å². The minimum absolute atomic E-state index is 0.0374. The predicted octanol–water partition coefficient (Wildman–Crippen LogP) is 3.12. The van der Waals surface area contributed by atoms with E-state index in [4.69, 9.17) is 0 Å². The standard InChI is InChI=1S/C22H25FN4O3/c1-13(2)24-22(30)27-18-11-26(21(29)25-15-9-7-14(23)8-10-15)17-6-4-3-5-16(17)20(18)19(27)12-28/h3-10,13,18-20,28H,11-12H2,1-2H3,(H,24,30)(H,25,29)/t18-,19+,20+/m1/s1. The number of rotatable bonds is 3. The van der Waals surface area contributed by atoms with E-state index in [-0.39, 0.29) is 48.5 Å². The van der Waals surface area contributed by atoms with Gasteiger partial charge in [0.05, 0.1) is 18.7 Å². The van der Waals surface area contributed by atoms with Crippen molar-refractivity contribution in [1.82, 2.24) is 10.2 Å². The Hall–Kier alpha value is -3.13. The van der Waals surface area contributed by atoms with E-state index in [0.717, 1.165) is 11.3 Å². The van der Waals surface area contributed by atoms with E-state index in [2.05, 4.69) is 10.6 Å². The molecule has 3 N–H and O–H groups in total. The molecule has 0 radical (unpaired) electrons. The highest BCUT2D eigenvalue weighted by Crippen LogP contribution is 2.48. The molecule has 7 nitrogen and oxygen atoms in total. The van der Waals surface area contributed by atoms with Crippen molar-refractivity contribution in [2.45, 2.75) is 37.9 Å². The number of urea groups is 2. The van der Waals surface area contributed by atoms with Crippen molar-refractivity contribution in [3.8, 4) is 0 Å². The molecule has 1 fully saturated rings. The molecule has 0 aromatic heterocycles.